The second-order valence-electron chi connectivity index (χ2n) is 5.49. The molecule has 0 aromatic heterocycles. The van der Waals surface area contributed by atoms with E-state index in [1.807, 2.05) is 6.07 Å². The highest BCUT2D eigenvalue weighted by Crippen LogP contribution is 2.33. The molecule has 0 radical (unpaired) electrons. The Labute approximate surface area is 129 Å². The van der Waals surface area contributed by atoms with E-state index in [0.29, 0.717) is 17.4 Å². The fourth-order valence-electron chi connectivity index (χ4n) is 2.72. The maximum absolute atomic E-state index is 11.4. The van der Waals surface area contributed by atoms with Crippen LogP contribution in [0.4, 0.5) is 10.5 Å². The number of allylic oxidation sites excluding steroid dienone is 1. The largest absolute Gasteiger partial charge is 0.458 e. The first-order chi connectivity index (χ1) is 10.7. The van der Waals surface area contributed by atoms with Gasteiger partial charge in [0, 0.05) is 6.20 Å². The smallest absolute Gasteiger partial charge is 0.346 e. The van der Waals surface area contributed by atoms with Crippen molar-refractivity contribution >= 4 is 18.1 Å². The third kappa shape index (κ3) is 3.46. The number of piperidine rings is 1. The highest BCUT2D eigenvalue weighted by Gasteiger charge is 2.17. The molecule has 1 aromatic rings. The number of anilines is 1. The first-order valence-electron chi connectivity index (χ1n) is 7.51. The zero-order valence-electron chi connectivity index (χ0n) is 12.6. The maximum Gasteiger partial charge on any atom is 0.346 e. The second kappa shape index (κ2) is 6.62. The third-order valence-electron chi connectivity index (χ3n) is 3.89. The van der Waals surface area contributed by atoms with Crippen molar-refractivity contribution in [3.05, 3.63) is 35.7 Å². The predicted octanol–water partition coefficient (Wildman–Crippen LogP) is 2.56. The van der Waals surface area contributed by atoms with Gasteiger partial charge in [0.1, 0.15) is 11.5 Å². The number of carbonyl (C=O) groups excluding carboxylic acids is 1. The first kappa shape index (κ1) is 14.6. The number of rotatable bonds is 1. The number of hydrogen-bond acceptors (Lipinski definition) is 4. The molecule has 0 saturated carbocycles. The summed E-state index contributed by atoms with van der Waals surface area (Å²) in [6.07, 6.45) is 5.16. The molecular formula is C16H20N4O2. The van der Waals surface area contributed by atoms with Crippen molar-refractivity contribution in [1.29, 1.82) is 0 Å². The van der Waals surface area contributed by atoms with Gasteiger partial charge in [0.05, 0.1) is 12.0 Å². The molecule has 3 N–H and O–H groups in total. The third-order valence-corrected chi connectivity index (χ3v) is 3.89. The molecular weight excluding hydrogens is 280 g/mol. The van der Waals surface area contributed by atoms with Crippen LogP contribution in [-0.2, 0) is 0 Å². The number of nitrogens with zero attached hydrogens (tertiary/aromatic N) is 1. The lowest BCUT2D eigenvalue weighted by molar-refractivity contribution is 0.252. The van der Waals surface area contributed by atoms with Crippen LogP contribution in [0.3, 0.4) is 0 Å². The summed E-state index contributed by atoms with van der Waals surface area (Å²) < 4.78 is 5.77. The summed E-state index contributed by atoms with van der Waals surface area (Å²) in [6.45, 7) is 3.89. The van der Waals surface area contributed by atoms with E-state index in [0.717, 1.165) is 31.6 Å². The second-order valence-corrected chi connectivity index (χ2v) is 5.49. The Morgan fingerprint density at radius 2 is 2.05 bits per heavy atom. The zero-order valence-corrected chi connectivity index (χ0v) is 12.6. The summed E-state index contributed by atoms with van der Waals surface area (Å²) >= 11 is 0. The van der Waals surface area contributed by atoms with Crippen LogP contribution in [0.5, 0.6) is 5.75 Å². The molecule has 2 amide bonds. The minimum atomic E-state index is -0.437. The molecule has 0 atom stereocenters. The Kier molecular flexibility index (Phi) is 4.39. The van der Waals surface area contributed by atoms with E-state index in [4.69, 9.17) is 4.74 Å². The monoisotopic (exact) mass is 300 g/mol. The van der Waals surface area contributed by atoms with E-state index in [9.17, 15) is 4.79 Å². The lowest BCUT2D eigenvalue weighted by Gasteiger charge is -2.24. The Bertz CT molecular complexity index is 619. The fraction of sp³-hybridized carbons (Fsp3) is 0.375. The van der Waals surface area contributed by atoms with Crippen molar-refractivity contribution in [3.8, 4) is 5.75 Å². The topological polar surface area (TPSA) is 74.8 Å². The molecule has 2 heterocycles. The van der Waals surface area contributed by atoms with Crippen LogP contribution >= 0.6 is 0 Å². The van der Waals surface area contributed by atoms with E-state index >= 15 is 0 Å². The van der Waals surface area contributed by atoms with Crippen molar-refractivity contribution in [2.24, 2.45) is 4.99 Å². The maximum atomic E-state index is 11.4. The first-order valence-corrected chi connectivity index (χ1v) is 7.51. The number of urea groups is 1. The number of amides is 2. The van der Waals surface area contributed by atoms with Crippen LogP contribution in [0.2, 0.25) is 0 Å². The minimum Gasteiger partial charge on any atom is -0.458 e. The van der Waals surface area contributed by atoms with E-state index in [1.54, 1.807) is 6.92 Å². The fourth-order valence-corrected chi connectivity index (χ4v) is 2.72. The number of fused-ring (bicyclic) bond motifs is 1. The molecule has 116 valence electrons. The van der Waals surface area contributed by atoms with Crippen molar-refractivity contribution in [1.82, 2.24) is 10.6 Å². The molecule has 2 aliphatic heterocycles. The van der Waals surface area contributed by atoms with Gasteiger partial charge in [0.15, 0.2) is 0 Å². The van der Waals surface area contributed by atoms with Crippen LogP contribution in [0.25, 0.3) is 0 Å². The van der Waals surface area contributed by atoms with Crippen molar-refractivity contribution < 1.29 is 9.53 Å². The summed E-state index contributed by atoms with van der Waals surface area (Å²) in [4.78, 5) is 15.2. The Morgan fingerprint density at radius 1 is 1.23 bits per heavy atom. The summed E-state index contributed by atoms with van der Waals surface area (Å²) in [5, 5.41) is 8.95. The van der Waals surface area contributed by atoms with Crippen LogP contribution in [0, 0.1) is 0 Å². The molecule has 0 spiro atoms. The number of benzene rings is 1. The van der Waals surface area contributed by atoms with Gasteiger partial charge in [-0.05, 0) is 56.5 Å². The standard InChI is InChI=1S/C16H20N4O2/c1-11-9-18-16(21)20-10-19-14-8-13(2-3-15(14)22-11)12-4-6-17-7-5-12/h2-3,8-10,12,17H,4-7H2,1H3,(H2,18,19,20,21)/b11-9+. The van der Waals surface area contributed by atoms with Gasteiger partial charge in [-0.3, -0.25) is 0 Å². The van der Waals surface area contributed by atoms with E-state index < -0.39 is 6.03 Å². The highest BCUT2D eigenvalue weighted by atomic mass is 16.5. The highest BCUT2D eigenvalue weighted by molar-refractivity contribution is 5.90. The summed E-state index contributed by atoms with van der Waals surface area (Å²) in [7, 11) is 0. The molecule has 1 aromatic carbocycles. The molecule has 1 fully saturated rings. The average molecular weight is 300 g/mol. The van der Waals surface area contributed by atoms with Crippen molar-refractivity contribution in [3.63, 3.8) is 0 Å². The minimum absolute atomic E-state index is 0.437. The molecule has 1 saturated heterocycles. The summed E-state index contributed by atoms with van der Waals surface area (Å²) in [6, 6.07) is 5.73. The molecule has 0 unspecified atom stereocenters. The van der Waals surface area contributed by atoms with Gasteiger partial charge in [0.2, 0.25) is 0 Å². The van der Waals surface area contributed by atoms with Crippen molar-refractivity contribution in [2.75, 3.05) is 18.4 Å². The van der Waals surface area contributed by atoms with Gasteiger partial charge in [-0.1, -0.05) is 6.07 Å². The van der Waals surface area contributed by atoms with Gasteiger partial charge in [-0.25, -0.2) is 4.79 Å². The molecule has 0 aliphatic carbocycles. The van der Waals surface area contributed by atoms with Crippen LogP contribution in [0.1, 0.15) is 31.2 Å². The quantitative estimate of drug-likeness (QED) is 0.745. The Hall–Kier alpha value is -2.34. The Balaban J connectivity index is 1.89. The molecule has 3 rings (SSSR count). The molecule has 22 heavy (non-hydrogen) atoms. The summed E-state index contributed by atoms with van der Waals surface area (Å²) in [5.74, 6) is 1.87. The number of nitrogens with one attached hydrogen (secondary N) is 3. The van der Waals surface area contributed by atoms with E-state index in [1.165, 1.54) is 18.1 Å². The molecule has 0 bridgehead atoms. The van der Waals surface area contributed by atoms with Gasteiger partial charge in [0.25, 0.3) is 0 Å². The van der Waals surface area contributed by atoms with Crippen LogP contribution in [-0.4, -0.2) is 25.5 Å². The summed E-state index contributed by atoms with van der Waals surface area (Å²) in [5.41, 5.74) is 2.11. The van der Waals surface area contributed by atoms with Crippen LogP contribution in [0.15, 0.2) is 35.2 Å². The van der Waals surface area contributed by atoms with Gasteiger partial charge < -0.3 is 20.7 Å². The number of carbonyl (C=O) groups is 1. The normalized spacial score (nSPS) is 23.1. The Morgan fingerprint density at radius 3 is 2.86 bits per heavy atom. The van der Waals surface area contributed by atoms with Crippen molar-refractivity contribution in [2.45, 2.75) is 25.7 Å². The lowest BCUT2D eigenvalue weighted by atomic mass is 9.90. The van der Waals surface area contributed by atoms with E-state index in [2.05, 4.69) is 33.1 Å². The molecule has 2 aliphatic rings. The number of aliphatic imine (C=N–C) groups is 1. The zero-order chi connectivity index (χ0) is 15.4. The number of ether oxygens (including phenoxy) is 1. The van der Waals surface area contributed by atoms with Gasteiger partial charge >= 0.3 is 6.03 Å². The SMILES string of the molecule is C/C1=C\NC(=O)/N=C/Nc2cc(C3CCNCC3)ccc2O1. The van der Waals surface area contributed by atoms with Crippen LogP contribution < -0.4 is 20.7 Å². The average Bonchev–Trinajstić information content (AvgIpc) is 2.55. The molecule has 6 heteroatoms. The lowest BCUT2D eigenvalue weighted by Crippen LogP contribution is -2.26. The molecule has 6 nitrogen and oxygen atoms in total. The van der Waals surface area contributed by atoms with Gasteiger partial charge in [-0.15, -0.1) is 0 Å². The predicted molar refractivity (Wildman–Crippen MR) is 86.3 cm³/mol. The van der Waals surface area contributed by atoms with Gasteiger partial charge in [-0.2, -0.15) is 4.99 Å². The number of hydrogen-bond donors (Lipinski definition) is 3. The van der Waals surface area contributed by atoms with E-state index in [-0.39, 0.29) is 0 Å².